The molecule has 0 aliphatic carbocycles. The minimum absolute atomic E-state index is 0.180. The standard InChI is InChI=1S/C31H30F5N8O3S/c32-24-7-6-20(31(34,35)36)16-27(24)42-30(45)41-26-8-5-19(15-25(26)33)23-18-39-29(40-21-3-1-4-22(17-21)48(37)46)43-28(23)38-9-2-10-44-11-13-47-14-12-44/h1,3-8,15-18,37H,2,9-14H2,(H2,41,42,45)(H2,38,39,40,43)/q-1. The third-order valence-corrected chi connectivity index (χ3v) is 7.89. The largest absolute Gasteiger partial charge is 0.440 e. The maximum atomic E-state index is 15.3. The molecule has 11 nitrogen and oxygen atoms in total. The number of hydrogen-bond donors (Lipinski definition) is 5. The molecule has 3 aromatic carbocycles. The van der Waals surface area contributed by atoms with Crippen molar-refractivity contribution in [1.29, 1.82) is 4.78 Å². The summed E-state index contributed by atoms with van der Waals surface area (Å²) in [6.07, 6.45) is -2.52. The lowest BCUT2D eigenvalue weighted by atomic mass is 10.1. The molecule has 1 saturated heterocycles. The van der Waals surface area contributed by atoms with Gasteiger partial charge in [-0.05, 0) is 54.9 Å². The number of aromatic nitrogens is 2. The van der Waals surface area contributed by atoms with Gasteiger partial charge in [0.15, 0.2) is 0 Å². The number of nitrogens with one attached hydrogen (secondary N) is 5. The van der Waals surface area contributed by atoms with E-state index in [9.17, 15) is 26.6 Å². The Morgan fingerprint density at radius 3 is 2.48 bits per heavy atom. The molecule has 1 aliphatic rings. The number of carbonyl (C=O) groups is 1. The van der Waals surface area contributed by atoms with Gasteiger partial charge >= 0.3 is 12.2 Å². The Morgan fingerprint density at radius 2 is 1.75 bits per heavy atom. The van der Waals surface area contributed by atoms with E-state index in [1.54, 1.807) is 18.2 Å². The average Bonchev–Trinajstić information content (AvgIpc) is 3.05. The van der Waals surface area contributed by atoms with Gasteiger partial charge < -0.3 is 35.0 Å². The average molecular weight is 690 g/mol. The highest BCUT2D eigenvalue weighted by molar-refractivity contribution is 7.73. The number of hydrogen-bond acceptors (Lipinski definition) is 10. The van der Waals surface area contributed by atoms with Crippen LogP contribution in [0.1, 0.15) is 12.0 Å². The maximum absolute atomic E-state index is 15.3. The molecule has 0 bridgehead atoms. The van der Waals surface area contributed by atoms with E-state index in [2.05, 4.69) is 30.8 Å². The quantitative estimate of drug-likeness (QED) is 0.0641. The molecule has 0 spiro atoms. The van der Waals surface area contributed by atoms with E-state index in [-0.39, 0.29) is 16.5 Å². The number of urea groups is 1. The van der Waals surface area contributed by atoms with Crippen LogP contribution < -0.4 is 21.3 Å². The van der Waals surface area contributed by atoms with Gasteiger partial charge in [0.25, 0.3) is 0 Å². The molecule has 17 heteroatoms. The molecule has 4 aromatic rings. The van der Waals surface area contributed by atoms with E-state index in [0.717, 1.165) is 32.1 Å². The SMILES string of the molecule is N=[S-](=O)c1cccc(Nc2ncc(-c3ccc(NC(=O)Nc4cc(C(F)(F)F)ccc4F)c(F)c3)c(NCCCN3CCOCC3)n2)c1. The zero-order valence-corrected chi connectivity index (χ0v) is 26.0. The number of anilines is 5. The second-order valence-electron chi connectivity index (χ2n) is 10.6. The fourth-order valence-electron chi connectivity index (χ4n) is 4.80. The Morgan fingerprint density at radius 1 is 0.979 bits per heavy atom. The summed E-state index contributed by atoms with van der Waals surface area (Å²) in [6.45, 7) is 4.35. The van der Waals surface area contributed by atoms with Gasteiger partial charge in [-0.1, -0.05) is 29.2 Å². The molecule has 0 radical (unpaired) electrons. The van der Waals surface area contributed by atoms with E-state index < -0.39 is 45.7 Å². The van der Waals surface area contributed by atoms with Crippen molar-refractivity contribution in [3.63, 3.8) is 0 Å². The maximum Gasteiger partial charge on any atom is 0.416 e. The van der Waals surface area contributed by atoms with Gasteiger partial charge in [0, 0.05) is 37.1 Å². The first-order valence-electron chi connectivity index (χ1n) is 14.6. The van der Waals surface area contributed by atoms with Crippen LogP contribution in [0.25, 0.3) is 11.1 Å². The van der Waals surface area contributed by atoms with Crippen LogP contribution in [0.3, 0.4) is 0 Å². The van der Waals surface area contributed by atoms with Crippen molar-refractivity contribution in [3.8, 4) is 11.1 Å². The number of morpholine rings is 1. The Balaban J connectivity index is 1.33. The molecule has 0 atom stereocenters. The lowest BCUT2D eigenvalue weighted by Crippen LogP contribution is -2.37. The van der Waals surface area contributed by atoms with Gasteiger partial charge in [0.1, 0.15) is 17.5 Å². The molecular formula is C31H30F5N8O3S-. The van der Waals surface area contributed by atoms with Crippen LogP contribution in [0.15, 0.2) is 71.8 Å². The van der Waals surface area contributed by atoms with E-state index >= 15 is 4.39 Å². The summed E-state index contributed by atoms with van der Waals surface area (Å²) in [5, 5.41) is 10.5. The second kappa shape index (κ2) is 15.4. The predicted molar refractivity (Wildman–Crippen MR) is 171 cm³/mol. The van der Waals surface area contributed by atoms with Crippen LogP contribution in [0.5, 0.6) is 0 Å². The highest BCUT2D eigenvalue weighted by Gasteiger charge is 2.31. The zero-order valence-electron chi connectivity index (χ0n) is 25.2. The van der Waals surface area contributed by atoms with Crippen LogP contribution in [0.2, 0.25) is 0 Å². The number of ether oxygens (including phenoxy) is 1. The molecule has 0 unspecified atom stereocenters. The van der Waals surface area contributed by atoms with Crippen LogP contribution in [0.4, 0.5) is 55.6 Å². The summed E-state index contributed by atoms with van der Waals surface area (Å²) in [5.41, 5.74) is -0.931. The third kappa shape index (κ3) is 9.14. The van der Waals surface area contributed by atoms with Crippen molar-refractivity contribution in [2.75, 3.05) is 60.7 Å². The molecule has 1 aromatic heterocycles. The van der Waals surface area contributed by atoms with E-state index in [1.807, 2.05) is 5.32 Å². The number of nitrogens with zero attached hydrogens (tertiary/aromatic N) is 3. The summed E-state index contributed by atoms with van der Waals surface area (Å²) in [4.78, 5) is 23.9. The van der Waals surface area contributed by atoms with Gasteiger partial charge in [0.2, 0.25) is 5.95 Å². The number of rotatable bonds is 11. The van der Waals surface area contributed by atoms with Crippen LogP contribution in [-0.2, 0) is 25.7 Å². The predicted octanol–water partition coefficient (Wildman–Crippen LogP) is 7.05. The molecule has 2 amide bonds. The number of halogens is 5. The molecule has 1 fully saturated rings. The van der Waals surface area contributed by atoms with Gasteiger partial charge in [-0.3, -0.25) is 4.90 Å². The van der Waals surface area contributed by atoms with Crippen LogP contribution in [0, 0.1) is 16.4 Å². The van der Waals surface area contributed by atoms with Crippen molar-refractivity contribution in [1.82, 2.24) is 14.9 Å². The van der Waals surface area contributed by atoms with Crippen molar-refractivity contribution >= 4 is 45.5 Å². The van der Waals surface area contributed by atoms with Crippen molar-refractivity contribution in [2.45, 2.75) is 17.5 Å². The highest BCUT2D eigenvalue weighted by atomic mass is 32.2. The minimum Gasteiger partial charge on any atom is -0.440 e. The Hall–Kier alpha value is -4.87. The van der Waals surface area contributed by atoms with Gasteiger partial charge in [-0.15, -0.1) is 0 Å². The highest BCUT2D eigenvalue weighted by Crippen LogP contribution is 2.33. The van der Waals surface area contributed by atoms with E-state index in [0.29, 0.717) is 60.6 Å². The lowest BCUT2D eigenvalue weighted by molar-refractivity contribution is -0.137. The van der Waals surface area contributed by atoms with Crippen molar-refractivity contribution in [2.24, 2.45) is 0 Å². The van der Waals surface area contributed by atoms with Gasteiger partial charge in [0.05, 0.1) is 30.2 Å². The lowest BCUT2D eigenvalue weighted by Gasteiger charge is -2.26. The Labute approximate surface area is 273 Å². The fraction of sp³-hybridized carbons (Fsp3) is 0.258. The minimum atomic E-state index is -4.76. The first-order valence-corrected chi connectivity index (χ1v) is 15.8. The summed E-state index contributed by atoms with van der Waals surface area (Å²) >= 11 is 0. The zero-order chi connectivity index (χ0) is 34.3. The number of alkyl halides is 3. The summed E-state index contributed by atoms with van der Waals surface area (Å²) in [6, 6.07) is 10.7. The Kier molecular flexibility index (Phi) is 11.0. The van der Waals surface area contributed by atoms with Gasteiger partial charge in [-0.25, -0.2) is 18.6 Å². The summed E-state index contributed by atoms with van der Waals surface area (Å²) in [5.74, 6) is -1.43. The van der Waals surface area contributed by atoms with E-state index in [1.165, 1.54) is 24.4 Å². The van der Waals surface area contributed by atoms with Crippen molar-refractivity contribution in [3.05, 3.63) is 84.1 Å². The summed E-state index contributed by atoms with van der Waals surface area (Å²) < 4.78 is 92.9. The van der Waals surface area contributed by atoms with Crippen LogP contribution in [-0.4, -0.2) is 60.3 Å². The smallest absolute Gasteiger partial charge is 0.416 e. The second-order valence-corrected chi connectivity index (χ2v) is 11.6. The molecular weight excluding hydrogens is 659 g/mol. The molecule has 2 heterocycles. The monoisotopic (exact) mass is 689 g/mol. The molecule has 48 heavy (non-hydrogen) atoms. The Bertz CT molecular complexity index is 1840. The normalized spacial score (nSPS) is 13.7. The molecule has 0 saturated carbocycles. The van der Waals surface area contributed by atoms with Crippen molar-refractivity contribution < 1.29 is 35.7 Å². The summed E-state index contributed by atoms with van der Waals surface area (Å²) in [7, 11) is -1.94. The fourth-order valence-corrected chi connectivity index (χ4v) is 5.23. The first-order chi connectivity index (χ1) is 23.0. The molecule has 5 N–H and O–H groups in total. The number of benzene rings is 3. The first kappa shape index (κ1) is 34.5. The molecule has 5 rings (SSSR count). The molecule has 254 valence electrons. The van der Waals surface area contributed by atoms with Crippen LogP contribution >= 0.6 is 0 Å². The number of carbonyl (C=O) groups excluding carboxylic acids is 1. The van der Waals surface area contributed by atoms with Gasteiger partial charge in [-0.2, -0.15) is 28.8 Å². The molecule has 1 aliphatic heterocycles. The topological polar surface area (TPSA) is 144 Å². The third-order valence-electron chi connectivity index (χ3n) is 7.21. The number of amides is 2. The van der Waals surface area contributed by atoms with E-state index in [4.69, 9.17) is 9.52 Å².